The molecule has 6 heteroatoms. The van der Waals surface area contributed by atoms with Crippen LogP contribution < -0.4 is 0 Å². The zero-order valence-electron chi connectivity index (χ0n) is 11.6. The lowest BCUT2D eigenvalue weighted by Crippen LogP contribution is -2.22. The monoisotopic (exact) mass is 295 g/mol. The molecule has 0 saturated carbocycles. The second-order valence-corrected chi connectivity index (χ2v) is 5.33. The van der Waals surface area contributed by atoms with Gasteiger partial charge in [0, 0.05) is 17.1 Å². The molecule has 1 aromatic carbocycles. The van der Waals surface area contributed by atoms with Crippen LogP contribution in [0, 0.1) is 0 Å². The van der Waals surface area contributed by atoms with Gasteiger partial charge in [-0.25, -0.2) is 0 Å². The number of rotatable bonds is 6. The zero-order chi connectivity index (χ0) is 14.5. The first-order valence-corrected chi connectivity index (χ1v) is 6.87. The van der Waals surface area contributed by atoms with Gasteiger partial charge in [0.15, 0.2) is 0 Å². The fraction of sp³-hybridized carbons (Fsp3) is 0.429. The minimum Gasteiger partial charge on any atom is -0.393 e. The fourth-order valence-corrected chi connectivity index (χ4v) is 1.97. The number of halogens is 1. The lowest BCUT2D eigenvalue weighted by atomic mass is 10.2. The Balaban J connectivity index is 1.99. The van der Waals surface area contributed by atoms with E-state index >= 15 is 0 Å². The Morgan fingerprint density at radius 2 is 2.25 bits per heavy atom. The molecule has 0 aliphatic rings. The Hall–Kier alpha value is -1.43. The van der Waals surface area contributed by atoms with E-state index in [1.807, 2.05) is 24.1 Å². The summed E-state index contributed by atoms with van der Waals surface area (Å²) in [5.74, 6) is 1.08. The maximum atomic E-state index is 9.26. The van der Waals surface area contributed by atoms with Crippen LogP contribution in [0.3, 0.4) is 0 Å². The molecule has 1 aromatic heterocycles. The molecular weight excluding hydrogens is 278 g/mol. The van der Waals surface area contributed by atoms with Crippen LogP contribution in [0.2, 0.25) is 5.02 Å². The number of hydrogen-bond acceptors (Lipinski definition) is 5. The first-order chi connectivity index (χ1) is 9.54. The van der Waals surface area contributed by atoms with Gasteiger partial charge in [-0.2, -0.15) is 4.98 Å². The summed E-state index contributed by atoms with van der Waals surface area (Å²) in [5, 5.41) is 13.9. The van der Waals surface area contributed by atoms with Crippen LogP contribution in [0.25, 0.3) is 11.4 Å². The summed E-state index contributed by atoms with van der Waals surface area (Å²) >= 11 is 5.94. The van der Waals surface area contributed by atoms with Gasteiger partial charge in [0.1, 0.15) is 0 Å². The summed E-state index contributed by atoms with van der Waals surface area (Å²) in [6, 6.07) is 7.34. The second kappa shape index (κ2) is 6.83. The molecule has 2 rings (SSSR count). The van der Waals surface area contributed by atoms with Crippen molar-refractivity contribution >= 4 is 11.6 Å². The lowest BCUT2D eigenvalue weighted by molar-refractivity contribution is 0.158. The van der Waals surface area contributed by atoms with E-state index in [9.17, 15) is 5.11 Å². The highest BCUT2D eigenvalue weighted by Crippen LogP contribution is 2.20. The highest BCUT2D eigenvalue weighted by atomic mass is 35.5. The second-order valence-electron chi connectivity index (χ2n) is 4.90. The molecular formula is C14H18ClN3O2. The Morgan fingerprint density at radius 1 is 1.45 bits per heavy atom. The molecule has 1 heterocycles. The van der Waals surface area contributed by atoms with Gasteiger partial charge in [0.2, 0.25) is 11.7 Å². The summed E-state index contributed by atoms with van der Waals surface area (Å²) < 4.78 is 5.23. The van der Waals surface area contributed by atoms with Crippen LogP contribution in [0.4, 0.5) is 0 Å². The Labute approximate surface area is 123 Å². The predicted octanol–water partition coefficient (Wildman–Crippen LogP) is 2.59. The number of nitrogens with zero attached hydrogens (tertiary/aromatic N) is 3. The minimum absolute atomic E-state index is 0.304. The van der Waals surface area contributed by atoms with Crippen molar-refractivity contribution in [2.45, 2.75) is 26.0 Å². The third-order valence-electron chi connectivity index (χ3n) is 2.88. The van der Waals surface area contributed by atoms with Crippen LogP contribution >= 0.6 is 11.6 Å². The van der Waals surface area contributed by atoms with Crippen molar-refractivity contribution in [3.63, 3.8) is 0 Å². The summed E-state index contributed by atoms with van der Waals surface area (Å²) in [7, 11) is 1.95. The summed E-state index contributed by atoms with van der Waals surface area (Å²) in [6.45, 7) is 3.10. The van der Waals surface area contributed by atoms with E-state index in [2.05, 4.69) is 10.1 Å². The predicted molar refractivity (Wildman–Crippen MR) is 77.4 cm³/mol. The summed E-state index contributed by atoms with van der Waals surface area (Å²) in [4.78, 5) is 6.38. The largest absolute Gasteiger partial charge is 0.393 e. The molecule has 0 saturated heterocycles. The molecule has 0 amide bonds. The van der Waals surface area contributed by atoms with Crippen LogP contribution in [-0.4, -0.2) is 39.8 Å². The number of benzene rings is 1. The van der Waals surface area contributed by atoms with Crippen molar-refractivity contribution in [3.05, 3.63) is 35.2 Å². The zero-order valence-corrected chi connectivity index (χ0v) is 12.3. The molecule has 1 atom stereocenters. The Bertz CT molecular complexity index is 557. The molecule has 0 radical (unpaired) electrons. The Morgan fingerprint density at radius 3 is 2.95 bits per heavy atom. The standard InChI is InChI=1S/C14H18ClN3O2/c1-10(19)6-7-18(2)9-13-16-14(17-20-13)11-4-3-5-12(15)8-11/h3-5,8,10,19H,6-7,9H2,1-2H3. The highest BCUT2D eigenvalue weighted by Gasteiger charge is 2.11. The van der Waals surface area contributed by atoms with Gasteiger partial charge >= 0.3 is 0 Å². The van der Waals surface area contributed by atoms with Gasteiger partial charge in [0.05, 0.1) is 12.6 Å². The van der Waals surface area contributed by atoms with E-state index in [0.29, 0.717) is 29.7 Å². The van der Waals surface area contributed by atoms with Crippen molar-refractivity contribution in [2.75, 3.05) is 13.6 Å². The van der Waals surface area contributed by atoms with Crippen molar-refractivity contribution < 1.29 is 9.63 Å². The van der Waals surface area contributed by atoms with Crippen molar-refractivity contribution in [2.24, 2.45) is 0 Å². The quantitative estimate of drug-likeness (QED) is 0.887. The Kier molecular flexibility index (Phi) is 5.11. The van der Waals surface area contributed by atoms with Gasteiger partial charge in [0.25, 0.3) is 0 Å². The third kappa shape index (κ3) is 4.30. The molecule has 0 aliphatic heterocycles. The van der Waals surface area contributed by atoms with Gasteiger partial charge < -0.3 is 9.63 Å². The molecule has 2 aromatic rings. The first kappa shape index (κ1) is 15.0. The van der Waals surface area contributed by atoms with Crippen LogP contribution in [0.15, 0.2) is 28.8 Å². The molecule has 1 unspecified atom stereocenters. The highest BCUT2D eigenvalue weighted by molar-refractivity contribution is 6.30. The van der Waals surface area contributed by atoms with E-state index in [-0.39, 0.29) is 6.10 Å². The molecule has 0 fully saturated rings. The molecule has 0 spiro atoms. The average molecular weight is 296 g/mol. The van der Waals surface area contributed by atoms with E-state index in [1.165, 1.54) is 0 Å². The van der Waals surface area contributed by atoms with Crippen molar-refractivity contribution in [1.29, 1.82) is 0 Å². The van der Waals surface area contributed by atoms with Gasteiger partial charge in [-0.15, -0.1) is 0 Å². The maximum Gasteiger partial charge on any atom is 0.241 e. The third-order valence-corrected chi connectivity index (χ3v) is 3.12. The SMILES string of the molecule is CC(O)CCN(C)Cc1nc(-c2cccc(Cl)c2)no1. The van der Waals surface area contributed by atoms with Gasteiger partial charge in [-0.05, 0) is 32.5 Å². The average Bonchev–Trinajstić information content (AvgIpc) is 2.85. The normalized spacial score (nSPS) is 12.8. The topological polar surface area (TPSA) is 62.4 Å². The van der Waals surface area contributed by atoms with Crippen LogP contribution in [-0.2, 0) is 6.54 Å². The van der Waals surface area contributed by atoms with Gasteiger partial charge in [-0.1, -0.05) is 28.9 Å². The minimum atomic E-state index is -0.304. The number of aliphatic hydroxyl groups is 1. The maximum absolute atomic E-state index is 9.26. The van der Waals surface area contributed by atoms with Crippen LogP contribution in [0.5, 0.6) is 0 Å². The fourth-order valence-electron chi connectivity index (χ4n) is 1.78. The van der Waals surface area contributed by atoms with Crippen molar-refractivity contribution in [1.82, 2.24) is 15.0 Å². The number of aromatic nitrogens is 2. The van der Waals surface area contributed by atoms with E-state index in [1.54, 1.807) is 19.1 Å². The first-order valence-electron chi connectivity index (χ1n) is 6.49. The van der Waals surface area contributed by atoms with E-state index < -0.39 is 0 Å². The molecule has 108 valence electrons. The van der Waals surface area contributed by atoms with Crippen molar-refractivity contribution in [3.8, 4) is 11.4 Å². The molecule has 1 N–H and O–H groups in total. The molecule has 0 aliphatic carbocycles. The number of hydrogen-bond donors (Lipinski definition) is 1. The summed E-state index contributed by atoms with van der Waals surface area (Å²) in [5.41, 5.74) is 0.833. The van der Waals surface area contributed by atoms with Crippen LogP contribution in [0.1, 0.15) is 19.2 Å². The smallest absolute Gasteiger partial charge is 0.241 e. The molecule has 0 bridgehead atoms. The van der Waals surface area contributed by atoms with E-state index in [0.717, 1.165) is 12.1 Å². The number of aliphatic hydroxyl groups excluding tert-OH is 1. The molecule has 5 nitrogen and oxygen atoms in total. The van der Waals surface area contributed by atoms with Gasteiger partial charge in [-0.3, -0.25) is 4.90 Å². The summed E-state index contributed by atoms with van der Waals surface area (Å²) in [6.07, 6.45) is 0.411. The lowest BCUT2D eigenvalue weighted by Gasteiger charge is -2.14. The molecule has 20 heavy (non-hydrogen) atoms. The van der Waals surface area contributed by atoms with E-state index in [4.69, 9.17) is 16.1 Å².